The first-order valence-corrected chi connectivity index (χ1v) is 3.61. The van der Waals surface area contributed by atoms with Crippen molar-refractivity contribution in [2.24, 2.45) is 0 Å². The molecule has 0 aliphatic carbocycles. The number of hydrogen-bond acceptors (Lipinski definition) is 3. The molecule has 0 saturated carbocycles. The number of rotatable bonds is 0. The van der Waals surface area contributed by atoms with E-state index in [0.29, 0.717) is 16.5 Å². The molecule has 3 nitrogen and oxygen atoms in total. The van der Waals surface area contributed by atoms with Gasteiger partial charge >= 0.3 is 0 Å². The Kier molecular flexibility index (Phi) is 1.64. The van der Waals surface area contributed by atoms with E-state index in [-0.39, 0.29) is 0 Å². The number of nitrogens with zero attached hydrogens (tertiary/aromatic N) is 3. The minimum Gasteiger partial charge on any atom is -0.253 e. The second kappa shape index (κ2) is 2.79. The van der Waals surface area contributed by atoms with Crippen LogP contribution in [0.25, 0.3) is 10.9 Å². The Balaban J connectivity index is 2.77. The third-order valence-electron chi connectivity index (χ3n) is 1.66. The Bertz CT molecular complexity index is 502. The summed E-state index contributed by atoms with van der Waals surface area (Å²) in [6.45, 7) is 0. The Morgan fingerprint density at radius 3 is 2.85 bits per heavy atom. The molecule has 0 aliphatic heterocycles. The summed E-state index contributed by atoms with van der Waals surface area (Å²) in [5.74, 6) is -0.565. The maximum atomic E-state index is 12.7. The van der Waals surface area contributed by atoms with Gasteiger partial charge in [-0.25, -0.2) is 4.98 Å². The highest BCUT2D eigenvalue weighted by Crippen LogP contribution is 2.12. The normalized spacial score (nSPS) is 9.85. The molecule has 0 unspecified atom stereocenters. The summed E-state index contributed by atoms with van der Waals surface area (Å²) in [4.78, 5) is 7.39. The highest BCUT2D eigenvalue weighted by atomic mass is 19.1. The van der Waals surface area contributed by atoms with E-state index in [1.165, 1.54) is 18.5 Å². The van der Waals surface area contributed by atoms with Crippen molar-refractivity contribution in [2.75, 3.05) is 0 Å². The fourth-order valence-electron chi connectivity index (χ4n) is 1.07. The molecule has 2 heterocycles. The van der Waals surface area contributed by atoms with Gasteiger partial charge in [-0.3, -0.25) is 4.98 Å². The number of halogens is 1. The van der Waals surface area contributed by atoms with Crippen molar-refractivity contribution in [1.29, 1.82) is 5.26 Å². The van der Waals surface area contributed by atoms with Gasteiger partial charge in [-0.15, -0.1) is 0 Å². The maximum Gasteiger partial charge on any atom is 0.213 e. The summed E-state index contributed by atoms with van der Waals surface area (Å²) < 4.78 is 12.7. The third kappa shape index (κ3) is 1.32. The van der Waals surface area contributed by atoms with Crippen LogP contribution in [0.5, 0.6) is 0 Å². The van der Waals surface area contributed by atoms with E-state index in [1.54, 1.807) is 6.07 Å². The lowest BCUT2D eigenvalue weighted by Crippen LogP contribution is -1.86. The first kappa shape index (κ1) is 7.62. The molecule has 13 heavy (non-hydrogen) atoms. The molecular weight excluding hydrogens is 169 g/mol. The fraction of sp³-hybridized carbons (Fsp3) is 0. The van der Waals surface area contributed by atoms with E-state index < -0.39 is 5.95 Å². The molecular formula is C9H4FN3. The van der Waals surface area contributed by atoms with Crippen LogP contribution in [-0.4, -0.2) is 9.97 Å². The second-order valence-corrected chi connectivity index (χ2v) is 2.54. The summed E-state index contributed by atoms with van der Waals surface area (Å²) in [6.07, 6.45) is 2.77. The Labute approximate surface area is 73.5 Å². The van der Waals surface area contributed by atoms with Crippen LogP contribution in [0.3, 0.4) is 0 Å². The summed E-state index contributed by atoms with van der Waals surface area (Å²) in [5, 5.41) is 9.16. The first-order chi connectivity index (χ1) is 6.29. The van der Waals surface area contributed by atoms with E-state index in [9.17, 15) is 4.39 Å². The Hall–Kier alpha value is -2.02. The summed E-state index contributed by atoms with van der Waals surface area (Å²) in [5.41, 5.74) is 0.999. The molecule has 0 saturated heterocycles. The molecule has 0 N–H and O–H groups in total. The SMILES string of the molecule is N#Cc1cnc2cnc(F)cc2c1. The Morgan fingerprint density at radius 2 is 2.08 bits per heavy atom. The number of hydrogen-bond donors (Lipinski definition) is 0. The zero-order valence-corrected chi connectivity index (χ0v) is 6.53. The van der Waals surface area contributed by atoms with E-state index in [4.69, 9.17) is 5.26 Å². The van der Waals surface area contributed by atoms with Crippen LogP contribution >= 0.6 is 0 Å². The van der Waals surface area contributed by atoms with E-state index >= 15 is 0 Å². The lowest BCUT2D eigenvalue weighted by Gasteiger charge is -1.95. The molecule has 0 amide bonds. The highest BCUT2D eigenvalue weighted by molar-refractivity contribution is 5.78. The average molecular weight is 173 g/mol. The average Bonchev–Trinajstić information content (AvgIpc) is 2.16. The fourth-order valence-corrected chi connectivity index (χ4v) is 1.07. The number of pyridine rings is 2. The van der Waals surface area contributed by atoms with Crippen LogP contribution in [0, 0.1) is 17.3 Å². The van der Waals surface area contributed by atoms with E-state index in [0.717, 1.165) is 0 Å². The number of nitriles is 1. The molecule has 62 valence electrons. The monoisotopic (exact) mass is 173 g/mol. The van der Waals surface area contributed by atoms with Gasteiger partial charge in [-0.1, -0.05) is 0 Å². The quantitative estimate of drug-likeness (QED) is 0.569. The molecule has 2 rings (SSSR count). The first-order valence-electron chi connectivity index (χ1n) is 3.61. The van der Waals surface area contributed by atoms with Gasteiger partial charge in [-0.2, -0.15) is 9.65 Å². The maximum absolute atomic E-state index is 12.7. The van der Waals surface area contributed by atoms with Gasteiger partial charge < -0.3 is 0 Å². The largest absolute Gasteiger partial charge is 0.253 e. The van der Waals surface area contributed by atoms with Gasteiger partial charge in [0, 0.05) is 17.6 Å². The summed E-state index contributed by atoms with van der Waals surface area (Å²) >= 11 is 0. The minimum atomic E-state index is -0.565. The van der Waals surface area contributed by atoms with Crippen LogP contribution in [0.15, 0.2) is 24.5 Å². The topological polar surface area (TPSA) is 49.6 Å². The summed E-state index contributed by atoms with van der Waals surface area (Å²) in [7, 11) is 0. The third-order valence-corrected chi connectivity index (χ3v) is 1.66. The molecule has 0 bridgehead atoms. The van der Waals surface area contributed by atoms with Crippen molar-refractivity contribution in [3.8, 4) is 6.07 Å². The molecule has 0 spiro atoms. The minimum absolute atomic E-state index is 0.415. The zero-order valence-electron chi connectivity index (χ0n) is 6.53. The predicted molar refractivity (Wildman–Crippen MR) is 44.2 cm³/mol. The van der Waals surface area contributed by atoms with Gasteiger partial charge in [0.05, 0.1) is 17.3 Å². The second-order valence-electron chi connectivity index (χ2n) is 2.54. The van der Waals surface area contributed by atoms with Crippen LogP contribution < -0.4 is 0 Å². The number of aromatic nitrogens is 2. The summed E-state index contributed by atoms with van der Waals surface area (Å²) in [6, 6.07) is 4.76. The lowest BCUT2D eigenvalue weighted by atomic mass is 10.2. The van der Waals surface area contributed by atoms with E-state index in [2.05, 4.69) is 9.97 Å². The van der Waals surface area contributed by atoms with Gasteiger partial charge in [0.25, 0.3) is 0 Å². The lowest BCUT2D eigenvalue weighted by molar-refractivity contribution is 0.586. The van der Waals surface area contributed by atoms with Crippen molar-refractivity contribution in [3.63, 3.8) is 0 Å². The molecule has 0 aliphatic rings. The van der Waals surface area contributed by atoms with Crippen LogP contribution in [-0.2, 0) is 0 Å². The van der Waals surface area contributed by atoms with Crippen molar-refractivity contribution in [3.05, 3.63) is 36.0 Å². The van der Waals surface area contributed by atoms with Crippen LogP contribution in [0.1, 0.15) is 5.56 Å². The highest BCUT2D eigenvalue weighted by Gasteiger charge is 1.99. The number of fused-ring (bicyclic) bond motifs is 1. The van der Waals surface area contributed by atoms with Crippen molar-refractivity contribution < 1.29 is 4.39 Å². The van der Waals surface area contributed by atoms with Crippen LogP contribution in [0.2, 0.25) is 0 Å². The zero-order chi connectivity index (χ0) is 9.26. The van der Waals surface area contributed by atoms with Gasteiger partial charge in [0.15, 0.2) is 0 Å². The van der Waals surface area contributed by atoms with Crippen molar-refractivity contribution >= 4 is 10.9 Å². The molecule has 2 aromatic heterocycles. The molecule has 0 atom stereocenters. The molecule has 4 heteroatoms. The molecule has 0 radical (unpaired) electrons. The van der Waals surface area contributed by atoms with Gasteiger partial charge in [0.1, 0.15) is 6.07 Å². The van der Waals surface area contributed by atoms with E-state index in [1.807, 2.05) is 6.07 Å². The molecule has 0 aromatic carbocycles. The predicted octanol–water partition coefficient (Wildman–Crippen LogP) is 1.64. The van der Waals surface area contributed by atoms with Crippen molar-refractivity contribution in [2.45, 2.75) is 0 Å². The van der Waals surface area contributed by atoms with Gasteiger partial charge in [-0.05, 0) is 6.07 Å². The van der Waals surface area contributed by atoms with Crippen LogP contribution in [0.4, 0.5) is 4.39 Å². The standard InChI is InChI=1S/C9H4FN3/c10-9-2-7-1-6(3-11)4-12-8(7)5-13-9/h1-2,4-5H. The van der Waals surface area contributed by atoms with Crippen molar-refractivity contribution in [1.82, 2.24) is 9.97 Å². The van der Waals surface area contributed by atoms with Gasteiger partial charge in [0.2, 0.25) is 5.95 Å². The molecule has 0 fully saturated rings. The Morgan fingerprint density at radius 1 is 1.23 bits per heavy atom. The smallest absolute Gasteiger partial charge is 0.213 e. The molecule has 2 aromatic rings.